The summed E-state index contributed by atoms with van der Waals surface area (Å²) in [5.41, 5.74) is 5.29. The minimum absolute atomic E-state index is 0.0414. The van der Waals surface area contributed by atoms with Gasteiger partial charge in [-0.05, 0) is 48.4 Å². The molecule has 2 atom stereocenters. The molecule has 4 aromatic rings. The number of anilines is 1. The van der Waals surface area contributed by atoms with Crippen molar-refractivity contribution in [1.82, 2.24) is 25.1 Å². The highest BCUT2D eigenvalue weighted by Crippen LogP contribution is 2.33. The third-order valence-electron chi connectivity index (χ3n) is 7.20. The molecule has 0 unspecified atom stereocenters. The van der Waals surface area contributed by atoms with Crippen LogP contribution in [-0.4, -0.2) is 40.1 Å². The van der Waals surface area contributed by atoms with Gasteiger partial charge in [0.05, 0.1) is 11.7 Å². The molecular weight excluding hydrogens is 540 g/mol. The molecule has 0 spiro atoms. The van der Waals surface area contributed by atoms with Gasteiger partial charge in [0.2, 0.25) is 11.8 Å². The summed E-state index contributed by atoms with van der Waals surface area (Å²) in [5.74, 6) is -0.496. The highest BCUT2D eigenvalue weighted by Gasteiger charge is 2.30. The largest absolute Gasteiger partial charge is 0.467 e. The number of nitrogens with one attached hydrogen (secondary N) is 2. The number of benzene rings is 2. The summed E-state index contributed by atoms with van der Waals surface area (Å²) < 4.78 is 36.8. The highest BCUT2D eigenvalue weighted by molar-refractivity contribution is 7.92. The number of nitrogens with zero attached hydrogens (tertiary/aromatic N) is 4. The summed E-state index contributed by atoms with van der Waals surface area (Å²) in [6, 6.07) is 16.3. The Hall–Kier alpha value is -4.25. The van der Waals surface area contributed by atoms with Crippen molar-refractivity contribution in [3.05, 3.63) is 82.5 Å². The van der Waals surface area contributed by atoms with Crippen LogP contribution in [0, 0.1) is 13.8 Å². The van der Waals surface area contributed by atoms with E-state index >= 15 is 0 Å². The summed E-state index contributed by atoms with van der Waals surface area (Å²) in [6.07, 6.45) is -0.661. The molecule has 4 bridgehead atoms. The number of aromatic nitrogens is 4. The van der Waals surface area contributed by atoms with Crippen molar-refractivity contribution in [2.45, 2.75) is 64.1 Å². The molecule has 0 aliphatic carbocycles. The number of hydrogen-bond acceptors (Lipinski definition) is 7. The van der Waals surface area contributed by atoms with Crippen LogP contribution in [0.15, 0.2) is 59.6 Å². The lowest BCUT2D eigenvalue weighted by Crippen LogP contribution is -2.40. The van der Waals surface area contributed by atoms with E-state index < -0.39 is 28.1 Å². The zero-order chi connectivity index (χ0) is 29.7. The van der Waals surface area contributed by atoms with E-state index in [-0.39, 0.29) is 28.0 Å². The van der Waals surface area contributed by atoms with Crippen LogP contribution in [0.5, 0.6) is 5.88 Å². The number of rotatable bonds is 2. The fourth-order valence-electron chi connectivity index (χ4n) is 4.95. The number of amides is 1. The van der Waals surface area contributed by atoms with E-state index in [9.17, 15) is 13.2 Å². The number of ether oxygens (including phenoxy) is 1. The van der Waals surface area contributed by atoms with Gasteiger partial charge < -0.3 is 10.1 Å². The van der Waals surface area contributed by atoms with Gasteiger partial charge in [0, 0.05) is 24.7 Å². The second-order valence-corrected chi connectivity index (χ2v) is 13.1. The minimum Gasteiger partial charge on any atom is -0.467 e. The van der Waals surface area contributed by atoms with Crippen LogP contribution in [0.1, 0.15) is 66.5 Å². The molecule has 0 fully saturated rings. The Balaban J connectivity index is 1.70. The smallest absolute Gasteiger partial charge is 0.283 e. The summed E-state index contributed by atoms with van der Waals surface area (Å²) in [6.45, 7) is 12.2. The fourth-order valence-corrected chi connectivity index (χ4v) is 5.89. The molecular formula is C30H34N6O4S. The molecule has 214 valence electrons. The minimum atomic E-state index is -4.22. The number of sulfonamides is 1. The molecule has 11 heteroatoms. The Kier molecular flexibility index (Phi) is 7.10. The van der Waals surface area contributed by atoms with Gasteiger partial charge in [-0.2, -0.15) is 18.5 Å². The summed E-state index contributed by atoms with van der Waals surface area (Å²) in [5, 5.41) is 6.72. The molecule has 5 rings (SSSR count). The van der Waals surface area contributed by atoms with Gasteiger partial charge in [-0.3, -0.25) is 9.48 Å². The standard InChI is InChI=1S/C30H34N6O4S/c1-17-9-8-10-18(2)26(17)22-15-24-33-29(32-22)35-41(38,39)25-16-23(36(7)34-25)28(37)31-19(3)27(40-24)20-11-13-21(14-12-20)30(4,5)6/h8-16,19,27H,1-7H3,(H,31,37)(H,32,33,35)/t19-,27+/m1/s1. The first-order chi connectivity index (χ1) is 19.2. The maximum absolute atomic E-state index is 13.3. The Morgan fingerprint density at radius 1 is 0.976 bits per heavy atom. The second kappa shape index (κ2) is 10.3. The Morgan fingerprint density at radius 3 is 2.27 bits per heavy atom. The van der Waals surface area contributed by atoms with Crippen molar-refractivity contribution in [2.24, 2.45) is 7.05 Å². The molecule has 0 saturated carbocycles. The highest BCUT2D eigenvalue weighted by atomic mass is 32.2. The summed E-state index contributed by atoms with van der Waals surface area (Å²) in [7, 11) is -2.71. The van der Waals surface area contributed by atoms with Crippen LogP contribution < -0.4 is 14.8 Å². The predicted molar refractivity (Wildman–Crippen MR) is 156 cm³/mol. The Labute approximate surface area is 240 Å². The van der Waals surface area contributed by atoms with Gasteiger partial charge >= 0.3 is 0 Å². The molecule has 10 nitrogen and oxygen atoms in total. The Morgan fingerprint density at radius 2 is 1.63 bits per heavy atom. The van der Waals surface area contributed by atoms with E-state index in [1.165, 1.54) is 17.8 Å². The van der Waals surface area contributed by atoms with Crippen LogP contribution in [0.25, 0.3) is 11.3 Å². The van der Waals surface area contributed by atoms with Crippen molar-refractivity contribution in [1.29, 1.82) is 0 Å². The first kappa shape index (κ1) is 28.3. The van der Waals surface area contributed by atoms with Crippen LogP contribution in [0.3, 0.4) is 0 Å². The van der Waals surface area contributed by atoms with E-state index in [4.69, 9.17) is 4.74 Å². The van der Waals surface area contributed by atoms with Gasteiger partial charge in [0.1, 0.15) is 11.8 Å². The number of carbonyl (C=O) groups is 1. The lowest BCUT2D eigenvalue weighted by Gasteiger charge is -2.27. The molecule has 1 aliphatic rings. The lowest BCUT2D eigenvalue weighted by molar-refractivity contribution is 0.0867. The molecule has 3 heterocycles. The van der Waals surface area contributed by atoms with Gasteiger partial charge in [0.15, 0.2) is 5.03 Å². The van der Waals surface area contributed by atoms with Crippen molar-refractivity contribution in [2.75, 3.05) is 4.72 Å². The SMILES string of the molecule is Cc1cccc(C)c1-c1cc2nc(n1)NS(=O)(=O)c1cc(n(C)n1)C(=O)N[C@H](C)[C@@H](c1ccc(C(C)(C)C)cc1)O2. The third-order valence-corrected chi connectivity index (χ3v) is 8.40. The average Bonchev–Trinajstić information content (AvgIpc) is 3.29. The van der Waals surface area contributed by atoms with Gasteiger partial charge in [-0.25, -0.2) is 9.71 Å². The molecule has 2 N–H and O–H groups in total. The van der Waals surface area contributed by atoms with E-state index in [0.717, 1.165) is 27.8 Å². The first-order valence-electron chi connectivity index (χ1n) is 13.3. The van der Waals surface area contributed by atoms with Crippen LogP contribution >= 0.6 is 0 Å². The first-order valence-corrected chi connectivity index (χ1v) is 14.8. The van der Waals surface area contributed by atoms with Gasteiger partial charge in [-0.15, -0.1) is 0 Å². The van der Waals surface area contributed by atoms with Crippen LogP contribution in [-0.2, 0) is 22.5 Å². The molecule has 0 radical (unpaired) electrons. The van der Waals surface area contributed by atoms with Gasteiger partial charge in [0.25, 0.3) is 15.9 Å². The second-order valence-electron chi connectivity index (χ2n) is 11.5. The molecule has 1 amide bonds. The zero-order valence-electron chi connectivity index (χ0n) is 24.2. The van der Waals surface area contributed by atoms with Crippen molar-refractivity contribution < 1.29 is 17.9 Å². The van der Waals surface area contributed by atoms with Crippen LogP contribution in [0.2, 0.25) is 0 Å². The molecule has 2 aromatic heterocycles. The number of carbonyl (C=O) groups excluding carboxylic acids is 1. The Bertz CT molecular complexity index is 1720. The van der Waals surface area contributed by atoms with E-state index in [1.54, 1.807) is 6.07 Å². The predicted octanol–water partition coefficient (Wildman–Crippen LogP) is 4.84. The van der Waals surface area contributed by atoms with Gasteiger partial charge in [-0.1, -0.05) is 63.2 Å². The molecule has 0 saturated heterocycles. The molecule has 41 heavy (non-hydrogen) atoms. The third kappa shape index (κ3) is 5.67. The van der Waals surface area contributed by atoms with Crippen molar-refractivity contribution >= 4 is 21.9 Å². The number of fused-ring (bicyclic) bond motifs is 4. The lowest BCUT2D eigenvalue weighted by atomic mass is 9.86. The van der Waals surface area contributed by atoms with Crippen molar-refractivity contribution in [3.8, 4) is 17.1 Å². The van der Waals surface area contributed by atoms with Crippen molar-refractivity contribution in [3.63, 3.8) is 0 Å². The fraction of sp³-hybridized carbons (Fsp3) is 0.333. The topological polar surface area (TPSA) is 128 Å². The monoisotopic (exact) mass is 574 g/mol. The van der Waals surface area contributed by atoms with E-state index in [0.29, 0.717) is 5.69 Å². The summed E-state index contributed by atoms with van der Waals surface area (Å²) in [4.78, 5) is 22.3. The normalized spacial score (nSPS) is 18.7. The van der Waals surface area contributed by atoms with Crippen LogP contribution in [0.4, 0.5) is 5.95 Å². The maximum Gasteiger partial charge on any atom is 0.283 e. The van der Waals surface area contributed by atoms with E-state index in [1.807, 2.05) is 63.2 Å². The maximum atomic E-state index is 13.3. The number of hydrogen-bond donors (Lipinski definition) is 2. The quantitative estimate of drug-likeness (QED) is 0.350. The molecule has 2 aromatic carbocycles. The number of aryl methyl sites for hydroxylation is 3. The van der Waals surface area contributed by atoms with E-state index in [2.05, 4.69) is 45.9 Å². The molecule has 1 aliphatic heterocycles. The average molecular weight is 575 g/mol. The summed E-state index contributed by atoms with van der Waals surface area (Å²) >= 11 is 0. The zero-order valence-corrected chi connectivity index (χ0v) is 25.0.